The molecule has 0 fully saturated rings. The van der Waals surface area contributed by atoms with E-state index in [4.69, 9.17) is 11.6 Å². The maximum atomic E-state index is 5.63. The maximum absolute atomic E-state index is 5.63. The lowest BCUT2D eigenvalue weighted by atomic mass is 10.0. The minimum absolute atomic E-state index is 0.618. The topological polar surface area (TPSA) is 12.0 Å². The molecule has 1 rings (SSSR count). The number of hydrogen-bond donors (Lipinski definition) is 1. The Hall–Kier alpha value is -0.530. The number of benzene rings is 1. The van der Waals surface area contributed by atoms with Gasteiger partial charge in [-0.25, -0.2) is 0 Å². The van der Waals surface area contributed by atoms with Gasteiger partial charge in [-0.1, -0.05) is 44.5 Å². The van der Waals surface area contributed by atoms with Crippen LogP contribution in [0.2, 0.25) is 0 Å². The lowest BCUT2D eigenvalue weighted by Gasteiger charge is -2.08. The first-order valence-electron chi connectivity index (χ1n) is 6.59. The fraction of sp³-hybridized carbons (Fsp3) is 0.600. The Morgan fingerprint density at radius 2 is 1.76 bits per heavy atom. The summed E-state index contributed by atoms with van der Waals surface area (Å²) in [4.78, 5) is 0. The van der Waals surface area contributed by atoms with Crippen molar-refractivity contribution in [1.82, 2.24) is 5.32 Å². The van der Waals surface area contributed by atoms with E-state index in [0.29, 0.717) is 5.92 Å². The minimum Gasteiger partial charge on any atom is -0.313 e. The van der Waals surface area contributed by atoms with Gasteiger partial charge in [0, 0.05) is 12.4 Å². The fourth-order valence-electron chi connectivity index (χ4n) is 1.77. The molecule has 0 radical (unpaired) electrons. The van der Waals surface area contributed by atoms with E-state index >= 15 is 0 Å². The second kappa shape index (κ2) is 8.54. The Bertz CT molecular complexity index is 292. The van der Waals surface area contributed by atoms with Gasteiger partial charge in [0.1, 0.15) is 0 Å². The molecule has 0 bridgehead atoms. The third kappa shape index (κ3) is 6.09. The van der Waals surface area contributed by atoms with Crippen LogP contribution in [-0.4, -0.2) is 12.4 Å². The van der Waals surface area contributed by atoms with Gasteiger partial charge in [-0.2, -0.15) is 0 Å². The van der Waals surface area contributed by atoms with Crippen molar-refractivity contribution in [1.29, 1.82) is 0 Å². The van der Waals surface area contributed by atoms with Crippen LogP contribution in [0.5, 0.6) is 0 Å². The lowest BCUT2D eigenvalue weighted by Crippen LogP contribution is -2.14. The van der Waals surface area contributed by atoms with Gasteiger partial charge in [0.15, 0.2) is 0 Å². The summed E-state index contributed by atoms with van der Waals surface area (Å²) in [6.45, 7) is 6.51. The van der Waals surface area contributed by atoms with Gasteiger partial charge in [-0.05, 0) is 36.4 Å². The van der Waals surface area contributed by atoms with Crippen molar-refractivity contribution in [2.45, 2.75) is 45.6 Å². The SMILES string of the molecule is CC(C)c1ccc(CNCCCCCCl)cc1. The third-order valence-corrected chi connectivity index (χ3v) is 3.23. The fourth-order valence-corrected chi connectivity index (χ4v) is 1.96. The second-order valence-electron chi connectivity index (χ2n) is 4.82. The van der Waals surface area contributed by atoms with Crippen LogP contribution in [-0.2, 0) is 6.54 Å². The molecule has 0 saturated carbocycles. The number of halogens is 1. The number of rotatable bonds is 8. The van der Waals surface area contributed by atoms with E-state index in [1.54, 1.807) is 0 Å². The van der Waals surface area contributed by atoms with Gasteiger partial charge in [-0.3, -0.25) is 0 Å². The summed E-state index contributed by atoms with van der Waals surface area (Å²) in [5.41, 5.74) is 2.78. The highest BCUT2D eigenvalue weighted by Gasteiger charge is 1.98. The van der Waals surface area contributed by atoms with Crippen LogP contribution >= 0.6 is 11.6 Å². The monoisotopic (exact) mass is 253 g/mol. The number of nitrogens with one attached hydrogen (secondary N) is 1. The summed E-state index contributed by atoms with van der Waals surface area (Å²) in [6, 6.07) is 8.91. The Kier molecular flexibility index (Phi) is 7.30. The molecule has 1 aromatic rings. The summed E-state index contributed by atoms with van der Waals surface area (Å²) in [6.07, 6.45) is 3.58. The summed E-state index contributed by atoms with van der Waals surface area (Å²) in [5, 5.41) is 3.47. The zero-order valence-corrected chi connectivity index (χ0v) is 11.8. The smallest absolute Gasteiger partial charge is 0.0223 e. The van der Waals surface area contributed by atoms with Crippen molar-refractivity contribution in [2.24, 2.45) is 0 Å². The molecular formula is C15H24ClN. The zero-order chi connectivity index (χ0) is 12.5. The van der Waals surface area contributed by atoms with Gasteiger partial charge in [0.2, 0.25) is 0 Å². The highest BCUT2D eigenvalue weighted by atomic mass is 35.5. The third-order valence-electron chi connectivity index (χ3n) is 2.96. The maximum Gasteiger partial charge on any atom is 0.0223 e. The van der Waals surface area contributed by atoms with E-state index in [0.717, 1.165) is 25.4 Å². The van der Waals surface area contributed by atoms with E-state index in [2.05, 4.69) is 43.4 Å². The Balaban J connectivity index is 2.19. The lowest BCUT2D eigenvalue weighted by molar-refractivity contribution is 0.618. The predicted octanol–water partition coefficient (Wildman–Crippen LogP) is 4.31. The van der Waals surface area contributed by atoms with Crippen LogP contribution in [0.3, 0.4) is 0 Å². The van der Waals surface area contributed by atoms with E-state index in [9.17, 15) is 0 Å². The van der Waals surface area contributed by atoms with E-state index in [1.807, 2.05) is 0 Å². The van der Waals surface area contributed by atoms with E-state index in [-0.39, 0.29) is 0 Å². The van der Waals surface area contributed by atoms with Crippen molar-refractivity contribution in [3.05, 3.63) is 35.4 Å². The minimum atomic E-state index is 0.618. The first-order chi connectivity index (χ1) is 8.24. The molecule has 1 aromatic carbocycles. The average Bonchev–Trinajstić information content (AvgIpc) is 2.34. The normalized spacial score (nSPS) is 11.1. The number of alkyl halides is 1. The molecule has 0 spiro atoms. The largest absolute Gasteiger partial charge is 0.313 e. The van der Waals surface area contributed by atoms with Gasteiger partial charge in [-0.15, -0.1) is 11.6 Å². The summed E-state index contributed by atoms with van der Waals surface area (Å²) < 4.78 is 0. The molecule has 0 aliphatic rings. The Morgan fingerprint density at radius 1 is 1.06 bits per heavy atom. The molecule has 2 heteroatoms. The Morgan fingerprint density at radius 3 is 2.35 bits per heavy atom. The molecule has 0 aliphatic carbocycles. The first-order valence-corrected chi connectivity index (χ1v) is 7.13. The molecule has 0 heterocycles. The van der Waals surface area contributed by atoms with Crippen molar-refractivity contribution >= 4 is 11.6 Å². The van der Waals surface area contributed by atoms with Crippen molar-refractivity contribution in [3.8, 4) is 0 Å². The van der Waals surface area contributed by atoms with Gasteiger partial charge in [0.25, 0.3) is 0 Å². The molecule has 0 aromatic heterocycles. The molecule has 0 atom stereocenters. The van der Waals surface area contributed by atoms with Gasteiger partial charge in [0.05, 0.1) is 0 Å². The number of unbranched alkanes of at least 4 members (excludes halogenated alkanes) is 2. The second-order valence-corrected chi connectivity index (χ2v) is 5.20. The van der Waals surface area contributed by atoms with Crippen LogP contribution in [0, 0.1) is 0 Å². The van der Waals surface area contributed by atoms with Gasteiger partial charge < -0.3 is 5.32 Å². The molecule has 1 N–H and O–H groups in total. The Labute approximate surface area is 111 Å². The van der Waals surface area contributed by atoms with Crippen molar-refractivity contribution in [2.75, 3.05) is 12.4 Å². The molecule has 0 unspecified atom stereocenters. The van der Waals surface area contributed by atoms with E-state index < -0.39 is 0 Å². The molecule has 1 nitrogen and oxygen atoms in total. The summed E-state index contributed by atoms with van der Waals surface area (Å²) in [5.74, 6) is 1.41. The highest BCUT2D eigenvalue weighted by molar-refractivity contribution is 6.17. The van der Waals surface area contributed by atoms with Crippen LogP contribution in [0.1, 0.15) is 50.2 Å². The van der Waals surface area contributed by atoms with Crippen LogP contribution in [0.25, 0.3) is 0 Å². The van der Waals surface area contributed by atoms with Gasteiger partial charge >= 0.3 is 0 Å². The predicted molar refractivity (Wildman–Crippen MR) is 76.8 cm³/mol. The zero-order valence-electron chi connectivity index (χ0n) is 11.0. The van der Waals surface area contributed by atoms with Crippen LogP contribution in [0.4, 0.5) is 0 Å². The molecule has 96 valence electrons. The number of hydrogen-bond acceptors (Lipinski definition) is 1. The first kappa shape index (κ1) is 14.5. The van der Waals surface area contributed by atoms with Crippen molar-refractivity contribution in [3.63, 3.8) is 0 Å². The van der Waals surface area contributed by atoms with Crippen LogP contribution in [0.15, 0.2) is 24.3 Å². The highest BCUT2D eigenvalue weighted by Crippen LogP contribution is 2.14. The molecule has 17 heavy (non-hydrogen) atoms. The summed E-state index contributed by atoms with van der Waals surface area (Å²) >= 11 is 5.63. The van der Waals surface area contributed by atoms with E-state index in [1.165, 1.54) is 24.0 Å². The quantitative estimate of drug-likeness (QED) is 0.538. The standard InChI is InChI=1S/C15H24ClN/c1-13(2)15-8-6-14(7-9-15)12-17-11-5-3-4-10-16/h6-9,13,17H,3-5,10-12H2,1-2H3. The van der Waals surface area contributed by atoms with Crippen molar-refractivity contribution < 1.29 is 0 Å². The summed E-state index contributed by atoms with van der Waals surface area (Å²) in [7, 11) is 0. The molecule has 0 saturated heterocycles. The average molecular weight is 254 g/mol. The molecule has 0 aliphatic heterocycles. The molecular weight excluding hydrogens is 230 g/mol. The van der Waals surface area contributed by atoms with Crippen LogP contribution < -0.4 is 5.32 Å². The molecule has 0 amide bonds.